The van der Waals surface area contributed by atoms with Gasteiger partial charge >= 0.3 is 0 Å². The van der Waals surface area contributed by atoms with Gasteiger partial charge in [0.2, 0.25) is 5.95 Å². The van der Waals surface area contributed by atoms with Crippen molar-refractivity contribution >= 4 is 39.3 Å². The van der Waals surface area contributed by atoms with E-state index in [0.717, 1.165) is 59.1 Å². The smallest absolute Gasteiger partial charge is 0.252 e. The Morgan fingerprint density at radius 1 is 0.814 bits per heavy atom. The van der Waals surface area contributed by atoms with Crippen molar-refractivity contribution in [2.24, 2.45) is 0 Å². The highest BCUT2D eigenvalue weighted by atomic mass is 16.1. The molecule has 0 radical (unpaired) electrons. The van der Waals surface area contributed by atoms with Gasteiger partial charge in [-0.15, -0.1) is 0 Å². The van der Waals surface area contributed by atoms with Crippen molar-refractivity contribution < 1.29 is 4.79 Å². The molecule has 1 aliphatic rings. The molecule has 1 aromatic heterocycles. The highest BCUT2D eigenvalue weighted by Gasteiger charge is 2.23. The summed E-state index contributed by atoms with van der Waals surface area (Å²) >= 11 is 0. The summed E-state index contributed by atoms with van der Waals surface area (Å²) in [7, 11) is 4.03. The number of anilines is 2. The second-order valence-electron chi connectivity index (χ2n) is 11.8. The monoisotopic (exact) mass is 572 g/mol. The lowest BCUT2D eigenvalue weighted by molar-refractivity contribution is 0.0939. The number of hydrogen-bond donors (Lipinski definition) is 3. The number of hydrogen-bond acceptors (Lipinski definition) is 6. The summed E-state index contributed by atoms with van der Waals surface area (Å²) in [5.74, 6) is 1.58. The van der Waals surface area contributed by atoms with E-state index in [9.17, 15) is 4.79 Å². The van der Waals surface area contributed by atoms with Gasteiger partial charge in [-0.1, -0.05) is 72.8 Å². The van der Waals surface area contributed by atoms with Gasteiger partial charge in [-0.05, 0) is 72.7 Å². The molecule has 0 unspecified atom stereocenters. The minimum absolute atomic E-state index is 0.0433. The van der Waals surface area contributed by atoms with Crippen LogP contribution in [0.4, 0.5) is 11.8 Å². The third kappa shape index (κ3) is 6.47. The van der Waals surface area contributed by atoms with Crippen molar-refractivity contribution in [2.75, 3.05) is 24.3 Å². The zero-order chi connectivity index (χ0) is 29.8. The van der Waals surface area contributed by atoms with Crippen molar-refractivity contribution in [1.29, 1.82) is 0 Å². The fourth-order valence-electron chi connectivity index (χ4n) is 6.22. The zero-order valence-electron chi connectivity index (χ0n) is 25.2. The van der Waals surface area contributed by atoms with E-state index in [2.05, 4.69) is 65.3 Å². The van der Waals surface area contributed by atoms with E-state index in [1.165, 1.54) is 10.8 Å². The average Bonchev–Trinajstić information content (AvgIpc) is 3.03. The molecular weight excluding hydrogens is 532 g/mol. The summed E-state index contributed by atoms with van der Waals surface area (Å²) in [5.41, 5.74) is 3.82. The molecule has 7 nitrogen and oxygen atoms in total. The molecule has 5 aromatic rings. The first kappa shape index (κ1) is 28.6. The van der Waals surface area contributed by atoms with Crippen LogP contribution in [0.5, 0.6) is 0 Å². The highest BCUT2D eigenvalue weighted by Crippen LogP contribution is 2.27. The molecule has 7 heteroatoms. The van der Waals surface area contributed by atoms with Crippen LogP contribution in [-0.4, -0.2) is 42.1 Å². The summed E-state index contributed by atoms with van der Waals surface area (Å²) < 4.78 is 0. The Morgan fingerprint density at radius 2 is 1.49 bits per heavy atom. The Bertz CT molecular complexity index is 1720. The lowest BCUT2D eigenvalue weighted by Crippen LogP contribution is -2.37. The van der Waals surface area contributed by atoms with Gasteiger partial charge in [0.1, 0.15) is 5.82 Å². The zero-order valence-corrected chi connectivity index (χ0v) is 25.2. The maximum Gasteiger partial charge on any atom is 0.252 e. The van der Waals surface area contributed by atoms with E-state index >= 15 is 0 Å². The van der Waals surface area contributed by atoms with Crippen LogP contribution in [0.2, 0.25) is 0 Å². The van der Waals surface area contributed by atoms with Crippen LogP contribution in [-0.2, 0) is 6.54 Å². The van der Waals surface area contributed by atoms with E-state index in [1.54, 1.807) is 0 Å². The molecule has 1 aliphatic carbocycles. The van der Waals surface area contributed by atoms with Gasteiger partial charge in [-0.3, -0.25) is 4.79 Å². The van der Waals surface area contributed by atoms with Gasteiger partial charge in [0.05, 0.1) is 11.6 Å². The third-order valence-electron chi connectivity index (χ3n) is 8.55. The van der Waals surface area contributed by atoms with E-state index < -0.39 is 0 Å². The molecular formula is C36H40N6O. The normalized spacial score (nSPS) is 17.5. The lowest BCUT2D eigenvalue weighted by atomic mass is 9.91. The highest BCUT2D eigenvalue weighted by molar-refractivity contribution is 5.96. The van der Waals surface area contributed by atoms with Crippen molar-refractivity contribution in [3.05, 3.63) is 108 Å². The topological polar surface area (TPSA) is 82.2 Å². The quantitative estimate of drug-likeness (QED) is 0.179. The molecule has 4 aromatic carbocycles. The molecule has 1 heterocycles. The number of rotatable bonds is 9. The third-order valence-corrected chi connectivity index (χ3v) is 8.55. The van der Waals surface area contributed by atoms with E-state index in [0.29, 0.717) is 24.6 Å². The number of carbonyl (C=O) groups is 1. The fraction of sp³-hybridized carbons (Fsp3) is 0.306. The molecule has 3 N–H and O–H groups in total. The lowest BCUT2D eigenvalue weighted by Gasteiger charge is -2.30. The van der Waals surface area contributed by atoms with Gasteiger partial charge in [0, 0.05) is 43.7 Å². The maximum atomic E-state index is 13.4. The SMILES string of the molecule is C[C@H](NC(=O)c1ccccc1CN[C@H]1CC[C@@H](Nc2nc(N(C)C)c3ccccc3n2)CC1)c1cccc2ccccc12. The minimum atomic E-state index is -0.109. The number of benzene rings is 4. The van der Waals surface area contributed by atoms with E-state index in [4.69, 9.17) is 9.97 Å². The molecule has 0 spiro atoms. The predicted octanol–water partition coefficient (Wildman–Crippen LogP) is 6.85. The maximum absolute atomic E-state index is 13.4. The van der Waals surface area contributed by atoms with Crippen LogP contribution in [0.15, 0.2) is 91.0 Å². The van der Waals surface area contributed by atoms with Crippen LogP contribution in [0.1, 0.15) is 60.1 Å². The summed E-state index contributed by atoms with van der Waals surface area (Å²) in [5, 5.41) is 14.0. The number of nitrogens with zero attached hydrogens (tertiary/aromatic N) is 3. The molecule has 0 bridgehead atoms. The van der Waals surface area contributed by atoms with Crippen molar-refractivity contribution in [1.82, 2.24) is 20.6 Å². The first-order valence-electron chi connectivity index (χ1n) is 15.3. The van der Waals surface area contributed by atoms with Crippen molar-refractivity contribution in [3.8, 4) is 0 Å². The Balaban J connectivity index is 1.05. The molecule has 43 heavy (non-hydrogen) atoms. The Labute approximate surface area is 253 Å². The summed E-state index contributed by atoms with van der Waals surface area (Å²) in [6.07, 6.45) is 4.18. The Hall–Kier alpha value is -4.49. The number of carbonyl (C=O) groups excluding carboxylic acids is 1. The standard InChI is InChI=1S/C36H40N6O/c1-24(29-17-10-13-25-11-4-6-14-30(25)29)38-35(43)31-15-7-5-12-26(31)23-37-27-19-21-28(22-20-27)39-36-40-33-18-9-8-16-32(33)34(41-36)42(2)3/h4-18,24,27-28,37H,19-23H2,1-3H3,(H,38,43)(H,39,40,41)/t24-,27-,28+/m0/s1. The van der Waals surface area contributed by atoms with Gasteiger partial charge < -0.3 is 20.9 Å². The number of nitrogens with one attached hydrogen (secondary N) is 3. The average molecular weight is 573 g/mol. The molecule has 1 atom stereocenters. The predicted molar refractivity (Wildman–Crippen MR) is 177 cm³/mol. The molecule has 1 saturated carbocycles. The minimum Gasteiger partial charge on any atom is -0.362 e. The Kier molecular flexibility index (Phi) is 8.52. The first-order chi connectivity index (χ1) is 21.0. The second kappa shape index (κ2) is 12.8. The van der Waals surface area contributed by atoms with Crippen molar-refractivity contribution in [3.63, 3.8) is 0 Å². The molecule has 0 aliphatic heterocycles. The Morgan fingerprint density at radius 3 is 2.30 bits per heavy atom. The fourth-order valence-corrected chi connectivity index (χ4v) is 6.22. The number of para-hydroxylation sites is 1. The number of fused-ring (bicyclic) bond motifs is 2. The molecule has 220 valence electrons. The molecule has 6 rings (SSSR count). The van der Waals surface area contributed by atoms with E-state index in [-0.39, 0.29) is 11.9 Å². The first-order valence-corrected chi connectivity index (χ1v) is 15.3. The summed E-state index contributed by atoms with van der Waals surface area (Å²) in [6.45, 7) is 2.71. The van der Waals surface area contributed by atoms with E-state index in [1.807, 2.05) is 67.5 Å². The molecule has 1 amide bonds. The van der Waals surface area contributed by atoms with Crippen LogP contribution in [0.3, 0.4) is 0 Å². The van der Waals surface area contributed by atoms with Crippen LogP contribution < -0.4 is 20.9 Å². The number of aromatic nitrogens is 2. The largest absolute Gasteiger partial charge is 0.362 e. The second-order valence-corrected chi connectivity index (χ2v) is 11.8. The van der Waals surface area contributed by atoms with Crippen LogP contribution in [0, 0.1) is 0 Å². The molecule has 1 fully saturated rings. The van der Waals surface area contributed by atoms with Gasteiger partial charge in [-0.2, -0.15) is 4.98 Å². The van der Waals surface area contributed by atoms with Gasteiger partial charge in [-0.25, -0.2) is 4.98 Å². The van der Waals surface area contributed by atoms with Crippen molar-refractivity contribution in [2.45, 2.75) is 57.3 Å². The van der Waals surface area contributed by atoms with Crippen LogP contribution >= 0.6 is 0 Å². The van der Waals surface area contributed by atoms with Gasteiger partial charge in [0.25, 0.3) is 5.91 Å². The summed E-state index contributed by atoms with van der Waals surface area (Å²) in [4.78, 5) is 25.1. The molecule has 0 saturated heterocycles. The van der Waals surface area contributed by atoms with Crippen LogP contribution in [0.25, 0.3) is 21.7 Å². The van der Waals surface area contributed by atoms with Gasteiger partial charge in [0.15, 0.2) is 0 Å². The number of amides is 1. The summed E-state index contributed by atoms with van der Waals surface area (Å²) in [6, 6.07) is 31.3.